The predicted octanol–water partition coefficient (Wildman–Crippen LogP) is 4.19. The molecule has 0 bridgehead atoms. The third kappa shape index (κ3) is 4.56. The maximum absolute atomic E-state index is 12.7. The Hall–Kier alpha value is -2.05. The summed E-state index contributed by atoms with van der Waals surface area (Å²) in [6, 6.07) is 9.28. The Balaban J connectivity index is 1.63. The fraction of sp³-hybridized carbons (Fsp3) is 0.474. The van der Waals surface area contributed by atoms with Crippen LogP contribution in [0.4, 0.5) is 10.6 Å². The molecule has 3 rings (SSSR count). The van der Waals surface area contributed by atoms with Gasteiger partial charge in [-0.05, 0) is 18.4 Å². The Morgan fingerprint density at radius 3 is 2.96 bits per heavy atom. The molecule has 1 aliphatic heterocycles. The molecule has 6 nitrogen and oxygen atoms in total. The Morgan fingerprint density at radius 1 is 1.38 bits per heavy atom. The summed E-state index contributed by atoms with van der Waals surface area (Å²) in [6.07, 6.45) is 2.51. The summed E-state index contributed by atoms with van der Waals surface area (Å²) in [6.45, 7) is 6.62. The summed E-state index contributed by atoms with van der Waals surface area (Å²) >= 11 is 6.27. The lowest BCUT2D eigenvalue weighted by Gasteiger charge is -2.33. The molecule has 140 valence electrons. The minimum Gasteiger partial charge on any atom is -0.370 e. The third-order valence-corrected chi connectivity index (χ3v) is 4.82. The van der Waals surface area contributed by atoms with Crippen molar-refractivity contribution in [1.29, 1.82) is 0 Å². The number of aromatic nitrogens is 2. The fourth-order valence-corrected chi connectivity index (χ4v) is 3.20. The number of amides is 2. The van der Waals surface area contributed by atoms with Crippen LogP contribution in [0.2, 0.25) is 5.02 Å². The lowest BCUT2D eigenvalue weighted by molar-refractivity contribution is -0.0134. The van der Waals surface area contributed by atoms with Crippen LogP contribution < -0.4 is 5.32 Å². The van der Waals surface area contributed by atoms with Crippen LogP contribution in [0.1, 0.15) is 31.9 Å². The zero-order valence-electron chi connectivity index (χ0n) is 15.2. The first-order chi connectivity index (χ1) is 12.5. The highest BCUT2D eigenvalue weighted by molar-refractivity contribution is 6.31. The Labute approximate surface area is 159 Å². The lowest BCUT2D eigenvalue weighted by Crippen LogP contribution is -2.44. The monoisotopic (exact) mass is 376 g/mol. The average Bonchev–Trinajstić information content (AvgIpc) is 3.07. The number of carbonyl (C=O) groups is 1. The first-order valence-corrected chi connectivity index (χ1v) is 9.36. The van der Waals surface area contributed by atoms with Gasteiger partial charge < -0.3 is 9.64 Å². The minimum absolute atomic E-state index is 0.142. The second-order valence-corrected chi connectivity index (χ2v) is 7.29. The number of hydrogen-bond acceptors (Lipinski definition) is 3. The smallest absolute Gasteiger partial charge is 0.323 e. The summed E-state index contributed by atoms with van der Waals surface area (Å²) in [5, 5.41) is 7.93. The van der Waals surface area contributed by atoms with Crippen molar-refractivity contribution in [3.05, 3.63) is 47.1 Å². The van der Waals surface area contributed by atoms with Crippen molar-refractivity contribution in [3.8, 4) is 0 Å². The summed E-state index contributed by atoms with van der Waals surface area (Å²) < 4.78 is 7.66. The first-order valence-electron chi connectivity index (χ1n) is 8.98. The van der Waals surface area contributed by atoms with Gasteiger partial charge in [0, 0.05) is 29.7 Å². The van der Waals surface area contributed by atoms with E-state index in [9.17, 15) is 4.79 Å². The van der Waals surface area contributed by atoms with Gasteiger partial charge in [-0.2, -0.15) is 5.10 Å². The number of morpholine rings is 1. The molecule has 0 aliphatic carbocycles. The Bertz CT molecular complexity index is 747. The minimum atomic E-state index is -0.214. The molecule has 26 heavy (non-hydrogen) atoms. The number of aryl methyl sites for hydroxylation is 1. The predicted molar refractivity (Wildman–Crippen MR) is 102 cm³/mol. The van der Waals surface area contributed by atoms with E-state index in [-0.39, 0.29) is 12.1 Å². The molecule has 0 radical (unpaired) electrons. The highest BCUT2D eigenvalue weighted by Crippen LogP contribution is 2.28. The van der Waals surface area contributed by atoms with Crippen LogP contribution in [0.25, 0.3) is 0 Å². The molecular formula is C19H25ClN4O2. The second-order valence-electron chi connectivity index (χ2n) is 6.88. The van der Waals surface area contributed by atoms with Crippen LogP contribution in [0, 0.1) is 5.92 Å². The molecule has 0 saturated carbocycles. The molecule has 1 aliphatic rings. The van der Waals surface area contributed by atoms with E-state index >= 15 is 0 Å². The van der Waals surface area contributed by atoms with E-state index < -0.39 is 0 Å². The first kappa shape index (κ1) is 18.7. The van der Waals surface area contributed by atoms with Gasteiger partial charge in [-0.15, -0.1) is 0 Å². The van der Waals surface area contributed by atoms with Crippen LogP contribution in [0.5, 0.6) is 0 Å². The summed E-state index contributed by atoms with van der Waals surface area (Å²) in [5.74, 6) is 1.30. The number of nitrogens with zero attached hydrogens (tertiary/aromatic N) is 3. The van der Waals surface area contributed by atoms with Gasteiger partial charge in [-0.3, -0.25) is 5.32 Å². The number of urea groups is 1. The van der Waals surface area contributed by atoms with Crippen molar-refractivity contribution >= 4 is 23.4 Å². The lowest BCUT2D eigenvalue weighted by atomic mass is 10.1. The van der Waals surface area contributed by atoms with Crippen molar-refractivity contribution in [2.75, 3.05) is 25.0 Å². The normalized spacial score (nSPS) is 17.5. The number of hydrogen-bond donors (Lipinski definition) is 1. The molecular weight excluding hydrogens is 352 g/mol. The molecule has 1 fully saturated rings. The van der Waals surface area contributed by atoms with Crippen molar-refractivity contribution in [3.63, 3.8) is 0 Å². The van der Waals surface area contributed by atoms with E-state index in [1.165, 1.54) is 0 Å². The van der Waals surface area contributed by atoms with Crippen molar-refractivity contribution in [2.45, 2.75) is 32.9 Å². The average molecular weight is 377 g/mol. The number of halogens is 1. The molecule has 2 heterocycles. The zero-order chi connectivity index (χ0) is 18.5. The van der Waals surface area contributed by atoms with Crippen molar-refractivity contribution in [1.82, 2.24) is 14.7 Å². The molecule has 1 atom stereocenters. The standard InChI is InChI=1S/C19H25ClN4O2/c1-14(2)8-10-24-18(7-9-21-24)22-19(25)23-11-12-26-17(13-23)15-5-3-4-6-16(15)20/h3-7,9,14,17H,8,10-13H2,1-2H3,(H,22,25). The van der Waals surface area contributed by atoms with E-state index in [2.05, 4.69) is 24.3 Å². The maximum atomic E-state index is 12.7. The Kier molecular flexibility index (Phi) is 6.16. The highest BCUT2D eigenvalue weighted by Gasteiger charge is 2.27. The van der Waals surface area contributed by atoms with Gasteiger partial charge in [-0.1, -0.05) is 43.6 Å². The van der Waals surface area contributed by atoms with Crippen LogP contribution in [0.15, 0.2) is 36.5 Å². The van der Waals surface area contributed by atoms with Crippen LogP contribution in [-0.4, -0.2) is 40.4 Å². The molecule has 1 aromatic heterocycles. The largest absolute Gasteiger partial charge is 0.370 e. The molecule has 1 saturated heterocycles. The third-order valence-electron chi connectivity index (χ3n) is 4.48. The SMILES string of the molecule is CC(C)CCn1nccc1NC(=O)N1CCOC(c2ccccc2Cl)C1. The van der Waals surface area contributed by atoms with Gasteiger partial charge in [-0.25, -0.2) is 9.48 Å². The molecule has 2 aromatic rings. The highest BCUT2D eigenvalue weighted by atomic mass is 35.5. The molecule has 1 N–H and O–H groups in total. The van der Waals surface area contributed by atoms with E-state index in [1.807, 2.05) is 35.0 Å². The van der Waals surface area contributed by atoms with E-state index in [4.69, 9.17) is 16.3 Å². The van der Waals surface area contributed by atoms with Gasteiger partial charge in [0.15, 0.2) is 0 Å². The molecule has 1 unspecified atom stereocenters. The van der Waals surface area contributed by atoms with Gasteiger partial charge >= 0.3 is 6.03 Å². The van der Waals surface area contributed by atoms with Gasteiger partial charge in [0.1, 0.15) is 11.9 Å². The van der Waals surface area contributed by atoms with E-state index in [0.717, 1.165) is 24.3 Å². The Morgan fingerprint density at radius 2 is 2.19 bits per heavy atom. The van der Waals surface area contributed by atoms with Crippen molar-refractivity contribution < 1.29 is 9.53 Å². The number of carbonyl (C=O) groups excluding carboxylic acids is 1. The van der Waals surface area contributed by atoms with E-state index in [1.54, 1.807) is 11.1 Å². The van der Waals surface area contributed by atoms with Gasteiger partial charge in [0.2, 0.25) is 0 Å². The molecule has 7 heteroatoms. The number of rotatable bonds is 5. The van der Waals surface area contributed by atoms with Gasteiger partial charge in [0.25, 0.3) is 0 Å². The molecule has 2 amide bonds. The second kappa shape index (κ2) is 8.56. The molecule has 0 spiro atoms. The van der Waals surface area contributed by atoms with E-state index in [0.29, 0.717) is 30.6 Å². The quantitative estimate of drug-likeness (QED) is 0.851. The summed E-state index contributed by atoms with van der Waals surface area (Å²) in [4.78, 5) is 14.5. The van der Waals surface area contributed by atoms with Crippen LogP contribution in [-0.2, 0) is 11.3 Å². The maximum Gasteiger partial charge on any atom is 0.323 e. The summed E-state index contributed by atoms with van der Waals surface area (Å²) in [5.41, 5.74) is 0.911. The topological polar surface area (TPSA) is 59.4 Å². The number of anilines is 1. The molecule has 1 aromatic carbocycles. The summed E-state index contributed by atoms with van der Waals surface area (Å²) in [7, 11) is 0. The fourth-order valence-electron chi connectivity index (χ4n) is 2.94. The van der Waals surface area contributed by atoms with Crippen LogP contribution in [0.3, 0.4) is 0 Å². The van der Waals surface area contributed by atoms with Crippen molar-refractivity contribution in [2.24, 2.45) is 5.92 Å². The number of ether oxygens (including phenoxy) is 1. The number of benzene rings is 1. The number of nitrogens with one attached hydrogen (secondary N) is 1. The van der Waals surface area contributed by atoms with Crippen LogP contribution >= 0.6 is 11.6 Å². The van der Waals surface area contributed by atoms with Gasteiger partial charge in [0.05, 0.1) is 19.3 Å². The zero-order valence-corrected chi connectivity index (χ0v) is 15.9.